The Hall–Kier alpha value is -2.99. The second-order valence-electron chi connectivity index (χ2n) is 8.07. The van der Waals surface area contributed by atoms with Crippen molar-refractivity contribution in [3.8, 4) is 0 Å². The molecule has 1 aliphatic heterocycles. The molecule has 4 rings (SSSR count). The van der Waals surface area contributed by atoms with Crippen molar-refractivity contribution in [2.24, 2.45) is 0 Å². The topological polar surface area (TPSA) is 84.3 Å². The number of anilines is 1. The van der Waals surface area contributed by atoms with Crippen molar-refractivity contribution in [1.82, 2.24) is 9.97 Å². The predicted octanol–water partition coefficient (Wildman–Crippen LogP) is 5.01. The third-order valence-corrected chi connectivity index (χ3v) is 5.79. The van der Waals surface area contributed by atoms with E-state index in [2.05, 4.69) is 42.3 Å². The summed E-state index contributed by atoms with van der Waals surface area (Å²) >= 11 is 0. The number of hydrogen-bond donors (Lipinski definition) is 2. The fourth-order valence-electron chi connectivity index (χ4n) is 4.32. The number of aromatic carboxylic acids is 1. The van der Waals surface area contributed by atoms with Gasteiger partial charge in [0.25, 0.3) is 0 Å². The highest BCUT2D eigenvalue weighted by molar-refractivity contribution is 5.92. The van der Waals surface area contributed by atoms with Crippen molar-refractivity contribution < 1.29 is 14.6 Å². The van der Waals surface area contributed by atoms with Crippen LogP contribution in [0.25, 0.3) is 10.9 Å². The Morgan fingerprint density at radius 2 is 2.13 bits per heavy atom. The zero-order chi connectivity index (χ0) is 21.3. The number of benzene rings is 1. The average molecular weight is 405 g/mol. The van der Waals surface area contributed by atoms with Crippen molar-refractivity contribution in [3.05, 3.63) is 64.6 Å². The largest absolute Gasteiger partial charge is 0.476 e. The Balaban J connectivity index is 1.76. The fraction of sp³-hybridized carbons (Fsp3) is 0.375. The number of hydrogen-bond acceptors (Lipinski definition) is 5. The molecule has 2 aromatic heterocycles. The van der Waals surface area contributed by atoms with Gasteiger partial charge < -0.3 is 15.2 Å². The molecule has 3 aromatic rings. The van der Waals surface area contributed by atoms with E-state index in [1.165, 1.54) is 11.8 Å². The van der Waals surface area contributed by atoms with Crippen molar-refractivity contribution in [2.75, 3.05) is 18.5 Å². The molecule has 0 aliphatic carbocycles. The van der Waals surface area contributed by atoms with Crippen LogP contribution in [0.3, 0.4) is 0 Å². The van der Waals surface area contributed by atoms with Gasteiger partial charge in [-0.1, -0.05) is 6.07 Å². The summed E-state index contributed by atoms with van der Waals surface area (Å²) in [4.78, 5) is 20.5. The van der Waals surface area contributed by atoms with Crippen LogP contribution in [-0.2, 0) is 4.74 Å². The molecule has 6 heteroatoms. The number of carbonyl (C=O) groups is 1. The SMILES string of the molecule is Cc1cc([C@H](C)Nc2cccnc2C(=O)O)c2cc([C@H]3CCCOC3)c(C)nc2c1. The number of aryl methyl sites for hydroxylation is 2. The normalized spacial score (nSPS) is 17.6. The monoisotopic (exact) mass is 405 g/mol. The standard InChI is InChI=1S/C24H27N3O3/c1-14-10-19(16(3)26-21-7-4-8-25-23(21)24(28)29)20-12-18(15(2)27-22(20)11-14)17-6-5-9-30-13-17/h4,7-8,10-12,16-17,26H,5-6,9,13H2,1-3H3,(H,28,29)/t16-,17-/m0/s1. The zero-order valence-corrected chi connectivity index (χ0v) is 17.6. The van der Waals surface area contributed by atoms with Crippen molar-refractivity contribution >= 4 is 22.6 Å². The summed E-state index contributed by atoms with van der Waals surface area (Å²) in [6, 6.07) is 9.88. The summed E-state index contributed by atoms with van der Waals surface area (Å²) in [6.45, 7) is 7.74. The molecule has 0 saturated carbocycles. The van der Waals surface area contributed by atoms with Gasteiger partial charge in [-0.3, -0.25) is 4.98 Å². The maximum atomic E-state index is 11.5. The lowest BCUT2D eigenvalue weighted by Gasteiger charge is -2.25. The lowest BCUT2D eigenvalue weighted by molar-refractivity contribution is 0.0691. The van der Waals surface area contributed by atoms with Crippen molar-refractivity contribution in [1.29, 1.82) is 0 Å². The molecule has 3 heterocycles. The van der Waals surface area contributed by atoms with Crippen molar-refractivity contribution in [3.63, 3.8) is 0 Å². The summed E-state index contributed by atoms with van der Waals surface area (Å²) in [7, 11) is 0. The molecule has 0 amide bonds. The van der Waals surface area contributed by atoms with E-state index in [1.807, 2.05) is 6.92 Å². The number of carboxylic acids is 1. The molecule has 30 heavy (non-hydrogen) atoms. The molecule has 1 aliphatic rings. The van der Waals surface area contributed by atoms with E-state index in [4.69, 9.17) is 9.72 Å². The molecule has 1 fully saturated rings. The van der Waals surface area contributed by atoms with E-state index in [-0.39, 0.29) is 11.7 Å². The highest BCUT2D eigenvalue weighted by Crippen LogP contribution is 2.34. The summed E-state index contributed by atoms with van der Waals surface area (Å²) in [5, 5.41) is 13.9. The molecular formula is C24H27N3O3. The van der Waals surface area contributed by atoms with E-state index in [0.717, 1.165) is 53.8 Å². The lowest BCUT2D eigenvalue weighted by atomic mass is 9.89. The Morgan fingerprint density at radius 1 is 1.30 bits per heavy atom. The minimum absolute atomic E-state index is 0.0234. The smallest absolute Gasteiger partial charge is 0.356 e. The first-order chi connectivity index (χ1) is 14.4. The van der Waals surface area contributed by atoms with Crippen LogP contribution in [0.15, 0.2) is 36.5 Å². The van der Waals surface area contributed by atoms with Crippen LogP contribution in [0.2, 0.25) is 0 Å². The van der Waals surface area contributed by atoms with Gasteiger partial charge in [0, 0.05) is 35.8 Å². The summed E-state index contributed by atoms with van der Waals surface area (Å²) < 4.78 is 5.71. The van der Waals surface area contributed by atoms with Gasteiger partial charge in [-0.25, -0.2) is 9.78 Å². The molecule has 2 N–H and O–H groups in total. The Morgan fingerprint density at radius 3 is 2.87 bits per heavy atom. The third-order valence-electron chi connectivity index (χ3n) is 5.79. The van der Waals surface area contributed by atoms with E-state index in [0.29, 0.717) is 11.6 Å². The van der Waals surface area contributed by atoms with Crippen LogP contribution >= 0.6 is 0 Å². The molecule has 2 atom stereocenters. The second kappa shape index (κ2) is 8.40. The molecule has 0 bridgehead atoms. The van der Waals surface area contributed by atoms with Gasteiger partial charge >= 0.3 is 5.97 Å². The number of nitrogens with zero attached hydrogens (tertiary/aromatic N) is 2. The molecule has 156 valence electrons. The fourth-order valence-corrected chi connectivity index (χ4v) is 4.32. The van der Waals surface area contributed by atoms with Crippen LogP contribution < -0.4 is 5.32 Å². The molecule has 0 spiro atoms. The van der Waals surface area contributed by atoms with E-state index >= 15 is 0 Å². The average Bonchev–Trinajstić information content (AvgIpc) is 2.73. The number of pyridine rings is 2. The van der Waals surface area contributed by atoms with Crippen molar-refractivity contribution in [2.45, 2.75) is 45.6 Å². The lowest BCUT2D eigenvalue weighted by Crippen LogP contribution is -2.17. The van der Waals surface area contributed by atoms with Crippen LogP contribution in [0.1, 0.15) is 64.6 Å². The molecule has 1 saturated heterocycles. The summed E-state index contributed by atoms with van der Waals surface area (Å²) in [6.07, 6.45) is 3.67. The maximum absolute atomic E-state index is 11.5. The first kappa shape index (κ1) is 20.3. The Bertz CT molecular complexity index is 1090. The van der Waals surface area contributed by atoms with Gasteiger partial charge in [-0.15, -0.1) is 0 Å². The second-order valence-corrected chi connectivity index (χ2v) is 8.07. The quantitative estimate of drug-likeness (QED) is 0.621. The third kappa shape index (κ3) is 4.00. The number of aromatic nitrogens is 2. The highest BCUT2D eigenvalue weighted by Gasteiger charge is 2.21. The van der Waals surface area contributed by atoms with Crippen LogP contribution in [0, 0.1) is 13.8 Å². The Labute approximate surface area is 176 Å². The highest BCUT2D eigenvalue weighted by atomic mass is 16.5. The number of ether oxygens (including phenoxy) is 1. The van der Waals surface area contributed by atoms with E-state index < -0.39 is 5.97 Å². The molecule has 1 aromatic carbocycles. The first-order valence-electron chi connectivity index (χ1n) is 10.4. The van der Waals surface area contributed by atoms with Crippen LogP contribution in [0.5, 0.6) is 0 Å². The molecule has 6 nitrogen and oxygen atoms in total. The van der Waals surface area contributed by atoms with Gasteiger partial charge in [0.2, 0.25) is 0 Å². The molecule has 0 unspecified atom stereocenters. The summed E-state index contributed by atoms with van der Waals surface area (Å²) in [5.41, 5.74) is 6.00. The number of rotatable bonds is 5. The minimum atomic E-state index is -1.05. The van der Waals surface area contributed by atoms with E-state index in [9.17, 15) is 9.90 Å². The number of carboxylic acid groups (broad SMARTS) is 1. The van der Waals surface area contributed by atoms with Gasteiger partial charge in [0.1, 0.15) is 0 Å². The van der Waals surface area contributed by atoms with Gasteiger partial charge in [-0.2, -0.15) is 0 Å². The van der Waals surface area contributed by atoms with Gasteiger partial charge in [0.05, 0.1) is 17.8 Å². The number of fused-ring (bicyclic) bond motifs is 1. The Kier molecular flexibility index (Phi) is 5.68. The number of nitrogens with one attached hydrogen (secondary N) is 1. The zero-order valence-electron chi connectivity index (χ0n) is 17.6. The van der Waals surface area contributed by atoms with E-state index in [1.54, 1.807) is 12.1 Å². The van der Waals surface area contributed by atoms with Gasteiger partial charge in [0.15, 0.2) is 5.69 Å². The maximum Gasteiger partial charge on any atom is 0.356 e. The van der Waals surface area contributed by atoms with Gasteiger partial charge in [-0.05, 0) is 74.6 Å². The minimum Gasteiger partial charge on any atom is -0.476 e. The molecular weight excluding hydrogens is 378 g/mol. The first-order valence-corrected chi connectivity index (χ1v) is 10.4. The summed E-state index contributed by atoms with van der Waals surface area (Å²) in [5.74, 6) is -0.679. The van der Waals surface area contributed by atoms with Crippen LogP contribution in [-0.4, -0.2) is 34.3 Å². The predicted molar refractivity (Wildman–Crippen MR) is 117 cm³/mol. The molecule has 0 radical (unpaired) electrons. The van der Waals surface area contributed by atoms with Crippen LogP contribution in [0.4, 0.5) is 5.69 Å².